The number of benzene rings is 1. The van der Waals surface area contributed by atoms with Crippen LogP contribution < -0.4 is 10.5 Å². The Labute approximate surface area is 127 Å². The molecule has 1 aromatic carbocycles. The molecule has 2 rings (SSSR count). The van der Waals surface area contributed by atoms with Crippen LogP contribution in [0.25, 0.3) is 0 Å². The molecule has 1 fully saturated rings. The van der Waals surface area contributed by atoms with Gasteiger partial charge >= 0.3 is 0 Å². The number of amides is 1. The lowest BCUT2D eigenvalue weighted by molar-refractivity contribution is -0.134. The summed E-state index contributed by atoms with van der Waals surface area (Å²) in [5, 5.41) is 0. The van der Waals surface area contributed by atoms with Crippen LogP contribution in [0.5, 0.6) is 5.75 Å². The molecule has 1 aromatic rings. The van der Waals surface area contributed by atoms with Crippen LogP contribution in [0.1, 0.15) is 33.1 Å². The molecule has 4 heteroatoms. The minimum atomic E-state index is 0.272. The van der Waals surface area contributed by atoms with E-state index in [9.17, 15) is 4.79 Å². The Bertz CT molecular complexity index is 474. The molecule has 0 saturated carbocycles. The number of piperidine rings is 1. The van der Waals surface area contributed by atoms with Crippen molar-refractivity contribution in [3.63, 3.8) is 0 Å². The predicted molar refractivity (Wildman–Crippen MR) is 85.1 cm³/mol. The summed E-state index contributed by atoms with van der Waals surface area (Å²) in [5.74, 6) is 1.82. The van der Waals surface area contributed by atoms with Gasteiger partial charge in [-0.3, -0.25) is 4.79 Å². The number of carbonyl (C=O) groups excluding carboxylic acids is 1. The fourth-order valence-corrected chi connectivity index (χ4v) is 2.73. The van der Waals surface area contributed by atoms with Gasteiger partial charge in [0.05, 0.1) is 12.3 Å². The van der Waals surface area contributed by atoms with Crippen LogP contribution in [0, 0.1) is 11.8 Å². The third-order valence-corrected chi connectivity index (χ3v) is 3.85. The van der Waals surface area contributed by atoms with E-state index in [0.29, 0.717) is 30.6 Å². The van der Waals surface area contributed by atoms with Gasteiger partial charge in [0, 0.05) is 25.4 Å². The van der Waals surface area contributed by atoms with Gasteiger partial charge < -0.3 is 15.4 Å². The molecule has 0 unspecified atom stereocenters. The molecule has 1 saturated heterocycles. The Morgan fingerprint density at radius 2 is 2.19 bits per heavy atom. The van der Waals surface area contributed by atoms with Crippen molar-refractivity contribution >= 4 is 11.6 Å². The van der Waals surface area contributed by atoms with E-state index in [1.54, 1.807) is 0 Å². The maximum atomic E-state index is 12.1. The summed E-state index contributed by atoms with van der Waals surface area (Å²) in [6.07, 6.45) is 2.81. The molecule has 1 aliphatic heterocycles. The quantitative estimate of drug-likeness (QED) is 0.848. The summed E-state index contributed by atoms with van der Waals surface area (Å²) in [6.45, 7) is 6.48. The molecule has 0 bridgehead atoms. The highest BCUT2D eigenvalue weighted by molar-refractivity contribution is 5.76. The Kier molecular flexibility index (Phi) is 5.48. The topological polar surface area (TPSA) is 55.6 Å². The number of para-hydroxylation sites is 2. The van der Waals surface area contributed by atoms with Crippen LogP contribution >= 0.6 is 0 Å². The van der Waals surface area contributed by atoms with Gasteiger partial charge in [-0.15, -0.1) is 0 Å². The van der Waals surface area contributed by atoms with E-state index in [-0.39, 0.29) is 5.91 Å². The molecule has 116 valence electrons. The average molecular weight is 290 g/mol. The zero-order chi connectivity index (χ0) is 15.2. The second kappa shape index (κ2) is 7.34. The van der Waals surface area contributed by atoms with Crippen molar-refractivity contribution in [2.75, 3.05) is 25.4 Å². The van der Waals surface area contributed by atoms with Crippen molar-refractivity contribution in [2.24, 2.45) is 11.8 Å². The number of nitrogen functional groups attached to an aromatic ring is 1. The maximum absolute atomic E-state index is 12.1. The molecule has 0 spiro atoms. The van der Waals surface area contributed by atoms with Crippen LogP contribution in [0.2, 0.25) is 0 Å². The van der Waals surface area contributed by atoms with Gasteiger partial charge in [0.1, 0.15) is 5.75 Å². The van der Waals surface area contributed by atoms with Crippen molar-refractivity contribution in [3.05, 3.63) is 24.3 Å². The molecule has 1 amide bonds. The van der Waals surface area contributed by atoms with Gasteiger partial charge in [0.15, 0.2) is 0 Å². The van der Waals surface area contributed by atoms with Crippen LogP contribution in [0.15, 0.2) is 24.3 Å². The van der Waals surface area contributed by atoms with Gasteiger partial charge in [0.25, 0.3) is 0 Å². The number of rotatable bonds is 5. The maximum Gasteiger partial charge on any atom is 0.222 e. The molecule has 1 atom stereocenters. The lowest BCUT2D eigenvalue weighted by atomic mass is 9.98. The van der Waals surface area contributed by atoms with E-state index in [2.05, 4.69) is 13.8 Å². The van der Waals surface area contributed by atoms with E-state index in [4.69, 9.17) is 10.5 Å². The fraction of sp³-hybridized carbons (Fsp3) is 0.588. The number of nitrogens with two attached hydrogens (primary N) is 1. The summed E-state index contributed by atoms with van der Waals surface area (Å²) in [7, 11) is 0. The summed E-state index contributed by atoms with van der Waals surface area (Å²) < 4.78 is 5.82. The summed E-state index contributed by atoms with van der Waals surface area (Å²) >= 11 is 0. The first-order valence-electron chi connectivity index (χ1n) is 7.81. The summed E-state index contributed by atoms with van der Waals surface area (Å²) in [6, 6.07) is 7.55. The highest BCUT2D eigenvalue weighted by Gasteiger charge is 2.24. The first-order valence-corrected chi connectivity index (χ1v) is 7.81. The van der Waals surface area contributed by atoms with E-state index in [1.807, 2.05) is 29.2 Å². The standard InChI is InChI=1S/C17H26N2O2/c1-13(2)10-17(20)19-9-5-6-14(11-19)12-21-16-8-4-3-7-15(16)18/h3-4,7-8,13-14H,5-6,9-12,18H2,1-2H3/t14-/m0/s1. The third kappa shape index (κ3) is 4.66. The first-order chi connectivity index (χ1) is 10.1. The van der Waals surface area contributed by atoms with Crippen molar-refractivity contribution in [1.82, 2.24) is 4.90 Å². The van der Waals surface area contributed by atoms with Crippen LogP contribution in [0.4, 0.5) is 5.69 Å². The monoisotopic (exact) mass is 290 g/mol. The molecule has 1 aliphatic rings. The van der Waals surface area contributed by atoms with E-state index in [1.165, 1.54) is 0 Å². The van der Waals surface area contributed by atoms with Crippen LogP contribution in [0.3, 0.4) is 0 Å². The number of ether oxygens (including phenoxy) is 1. The molecule has 21 heavy (non-hydrogen) atoms. The molecule has 1 heterocycles. The number of carbonyl (C=O) groups is 1. The zero-order valence-corrected chi connectivity index (χ0v) is 13.0. The summed E-state index contributed by atoms with van der Waals surface area (Å²) in [5.41, 5.74) is 6.54. The molecule has 0 aliphatic carbocycles. The Morgan fingerprint density at radius 3 is 2.90 bits per heavy atom. The van der Waals surface area contributed by atoms with Gasteiger partial charge in [-0.1, -0.05) is 26.0 Å². The Morgan fingerprint density at radius 1 is 1.43 bits per heavy atom. The minimum absolute atomic E-state index is 0.272. The van der Waals surface area contributed by atoms with E-state index in [0.717, 1.165) is 31.7 Å². The fourth-order valence-electron chi connectivity index (χ4n) is 2.73. The van der Waals surface area contributed by atoms with Crippen molar-refractivity contribution < 1.29 is 9.53 Å². The van der Waals surface area contributed by atoms with E-state index >= 15 is 0 Å². The van der Waals surface area contributed by atoms with Gasteiger partial charge in [0.2, 0.25) is 5.91 Å². The SMILES string of the molecule is CC(C)CC(=O)N1CCC[C@H](COc2ccccc2N)C1. The molecule has 4 nitrogen and oxygen atoms in total. The second-order valence-electron chi connectivity index (χ2n) is 6.29. The Hall–Kier alpha value is -1.71. The smallest absolute Gasteiger partial charge is 0.222 e. The number of likely N-dealkylation sites (tertiary alicyclic amines) is 1. The number of anilines is 1. The average Bonchev–Trinajstić information content (AvgIpc) is 2.46. The molecule has 2 N–H and O–H groups in total. The highest BCUT2D eigenvalue weighted by atomic mass is 16.5. The van der Waals surface area contributed by atoms with Gasteiger partial charge in [-0.05, 0) is 30.9 Å². The van der Waals surface area contributed by atoms with Crippen molar-refractivity contribution in [2.45, 2.75) is 33.1 Å². The van der Waals surface area contributed by atoms with Crippen molar-refractivity contribution in [3.8, 4) is 5.75 Å². The highest BCUT2D eigenvalue weighted by Crippen LogP contribution is 2.23. The first kappa shape index (κ1) is 15.7. The van der Waals surface area contributed by atoms with Crippen molar-refractivity contribution in [1.29, 1.82) is 0 Å². The summed E-state index contributed by atoms with van der Waals surface area (Å²) in [4.78, 5) is 14.1. The van der Waals surface area contributed by atoms with Crippen LogP contribution in [-0.2, 0) is 4.79 Å². The largest absolute Gasteiger partial charge is 0.491 e. The molecular formula is C17H26N2O2. The minimum Gasteiger partial charge on any atom is -0.491 e. The number of hydrogen-bond donors (Lipinski definition) is 1. The molecule has 0 aromatic heterocycles. The zero-order valence-electron chi connectivity index (χ0n) is 13.0. The lowest BCUT2D eigenvalue weighted by Crippen LogP contribution is -2.41. The molecule has 0 radical (unpaired) electrons. The normalized spacial score (nSPS) is 18.8. The van der Waals surface area contributed by atoms with Crippen LogP contribution in [-0.4, -0.2) is 30.5 Å². The number of nitrogens with zero attached hydrogens (tertiary/aromatic N) is 1. The van der Waals surface area contributed by atoms with Gasteiger partial charge in [-0.2, -0.15) is 0 Å². The number of hydrogen-bond acceptors (Lipinski definition) is 3. The van der Waals surface area contributed by atoms with E-state index < -0.39 is 0 Å². The second-order valence-corrected chi connectivity index (χ2v) is 6.29. The van der Waals surface area contributed by atoms with Gasteiger partial charge in [-0.25, -0.2) is 0 Å². The third-order valence-electron chi connectivity index (χ3n) is 3.85. The molecular weight excluding hydrogens is 264 g/mol. The predicted octanol–water partition coefficient (Wildman–Crippen LogP) is 2.93. The lowest BCUT2D eigenvalue weighted by Gasteiger charge is -2.33. The Balaban J connectivity index is 1.84.